The van der Waals surface area contributed by atoms with Gasteiger partial charge in [0.25, 0.3) is 0 Å². The van der Waals surface area contributed by atoms with Gasteiger partial charge in [0.2, 0.25) is 0 Å². The minimum absolute atomic E-state index is 0.708. The molecule has 0 saturated carbocycles. The molecule has 5 nitrogen and oxygen atoms in total. The molecule has 1 aliphatic heterocycles. The molecule has 6 heteroatoms. The number of nitrogens with zero attached hydrogens (tertiary/aromatic N) is 2. The van der Waals surface area contributed by atoms with Gasteiger partial charge >= 0.3 is 0 Å². The fourth-order valence-corrected chi connectivity index (χ4v) is 4.55. The molecule has 1 saturated heterocycles. The summed E-state index contributed by atoms with van der Waals surface area (Å²) >= 11 is 1.79. The van der Waals surface area contributed by atoms with E-state index in [1.54, 1.807) is 11.3 Å². The first kappa shape index (κ1) is 17.1. The van der Waals surface area contributed by atoms with Crippen molar-refractivity contribution in [1.82, 2.24) is 9.97 Å². The van der Waals surface area contributed by atoms with Crippen molar-refractivity contribution in [3.8, 4) is 11.3 Å². The highest BCUT2D eigenvalue weighted by Gasteiger charge is 2.16. The lowest BCUT2D eigenvalue weighted by Gasteiger charge is -2.21. The van der Waals surface area contributed by atoms with Gasteiger partial charge in [-0.1, -0.05) is 0 Å². The average molecular weight is 366 g/mol. The Morgan fingerprint density at radius 3 is 2.92 bits per heavy atom. The highest BCUT2D eigenvalue weighted by Crippen LogP contribution is 2.31. The van der Waals surface area contributed by atoms with Gasteiger partial charge in [-0.25, -0.2) is 9.97 Å². The van der Waals surface area contributed by atoms with Gasteiger partial charge in [0, 0.05) is 54.1 Å². The van der Waals surface area contributed by atoms with E-state index in [0.29, 0.717) is 5.82 Å². The summed E-state index contributed by atoms with van der Waals surface area (Å²) in [7, 11) is 1.81. The largest absolute Gasteiger partial charge is 0.381 e. The van der Waals surface area contributed by atoms with Crippen LogP contribution in [-0.4, -0.2) is 36.4 Å². The summed E-state index contributed by atoms with van der Waals surface area (Å²) in [5.74, 6) is 1.43. The molecule has 0 atom stereocenters. The third-order valence-corrected chi connectivity index (χ3v) is 5.94. The summed E-state index contributed by atoms with van der Waals surface area (Å²) in [5, 5.41) is 11.8. The van der Waals surface area contributed by atoms with Crippen LogP contribution < -0.4 is 5.32 Å². The van der Waals surface area contributed by atoms with Crippen molar-refractivity contribution in [3.63, 3.8) is 0 Å². The van der Waals surface area contributed by atoms with Crippen LogP contribution in [-0.2, 0) is 11.2 Å². The van der Waals surface area contributed by atoms with Crippen molar-refractivity contribution in [2.45, 2.75) is 19.3 Å². The molecular weight excluding hydrogens is 344 g/mol. The van der Waals surface area contributed by atoms with Crippen molar-refractivity contribution < 1.29 is 4.74 Å². The fraction of sp³-hybridized carbons (Fsp3) is 0.350. The lowest BCUT2D eigenvalue weighted by molar-refractivity contribution is 0.0667. The number of aromatic nitrogens is 2. The van der Waals surface area contributed by atoms with E-state index in [2.05, 4.69) is 22.4 Å². The molecule has 1 aliphatic rings. The normalized spacial score (nSPS) is 15.3. The smallest absolute Gasteiger partial charge is 0.134 e. The number of pyridine rings is 2. The predicted molar refractivity (Wildman–Crippen MR) is 108 cm³/mol. The SMILES string of the molecule is CNc1ncc(-c2ccc3cc(CC4CCOCC4)sc3n2)cc1C=N. The maximum absolute atomic E-state index is 7.57. The van der Waals surface area contributed by atoms with E-state index in [0.717, 1.165) is 60.0 Å². The van der Waals surface area contributed by atoms with Crippen LogP contribution in [0.3, 0.4) is 0 Å². The first-order valence-electron chi connectivity index (χ1n) is 8.92. The number of fused-ring (bicyclic) bond motifs is 1. The van der Waals surface area contributed by atoms with Crippen LogP contribution in [0.4, 0.5) is 5.82 Å². The maximum Gasteiger partial charge on any atom is 0.134 e. The van der Waals surface area contributed by atoms with Gasteiger partial charge in [-0.15, -0.1) is 11.3 Å². The van der Waals surface area contributed by atoms with Crippen molar-refractivity contribution in [2.24, 2.45) is 5.92 Å². The highest BCUT2D eigenvalue weighted by molar-refractivity contribution is 7.18. The van der Waals surface area contributed by atoms with Gasteiger partial charge < -0.3 is 15.5 Å². The summed E-state index contributed by atoms with van der Waals surface area (Å²) in [6.07, 6.45) is 6.56. The number of thiophene rings is 1. The minimum Gasteiger partial charge on any atom is -0.381 e. The Morgan fingerprint density at radius 2 is 2.15 bits per heavy atom. The van der Waals surface area contributed by atoms with E-state index in [4.69, 9.17) is 15.1 Å². The molecule has 1 fully saturated rings. The Bertz CT molecular complexity index is 931. The molecule has 0 radical (unpaired) electrons. The molecule has 0 bridgehead atoms. The summed E-state index contributed by atoms with van der Waals surface area (Å²) in [4.78, 5) is 11.7. The van der Waals surface area contributed by atoms with Crippen LogP contribution in [0.25, 0.3) is 21.5 Å². The van der Waals surface area contributed by atoms with E-state index < -0.39 is 0 Å². The van der Waals surface area contributed by atoms with Crippen LogP contribution in [0.5, 0.6) is 0 Å². The van der Waals surface area contributed by atoms with Gasteiger partial charge in [-0.3, -0.25) is 0 Å². The molecule has 0 amide bonds. The number of nitrogens with one attached hydrogen (secondary N) is 2. The van der Waals surface area contributed by atoms with Crippen LogP contribution in [0.15, 0.2) is 30.5 Å². The van der Waals surface area contributed by atoms with Crippen LogP contribution >= 0.6 is 11.3 Å². The first-order chi connectivity index (χ1) is 12.8. The lowest BCUT2D eigenvalue weighted by atomic mass is 9.96. The topological polar surface area (TPSA) is 70.9 Å². The second-order valence-electron chi connectivity index (χ2n) is 6.62. The summed E-state index contributed by atoms with van der Waals surface area (Å²) in [6, 6.07) is 8.41. The molecule has 0 aromatic carbocycles. The molecule has 134 valence electrons. The molecule has 4 rings (SSSR count). The number of anilines is 1. The number of hydrogen-bond donors (Lipinski definition) is 2. The van der Waals surface area contributed by atoms with Gasteiger partial charge in [0.1, 0.15) is 10.6 Å². The second kappa shape index (κ2) is 7.51. The fourth-order valence-electron chi connectivity index (χ4n) is 3.41. The molecule has 0 unspecified atom stereocenters. The molecular formula is C20H22N4OS. The number of ether oxygens (including phenoxy) is 1. The molecule has 4 heterocycles. The molecule has 26 heavy (non-hydrogen) atoms. The highest BCUT2D eigenvalue weighted by atomic mass is 32.1. The summed E-state index contributed by atoms with van der Waals surface area (Å²) in [5.41, 5.74) is 2.59. The standard InChI is InChI=1S/C20H22N4OS/c1-22-19-15(11-21)9-16(12-23-19)18-3-2-14-10-17(26-20(14)24-18)8-13-4-6-25-7-5-13/h2-3,9-13,21H,4-8H2,1H3,(H,22,23). The zero-order valence-corrected chi connectivity index (χ0v) is 15.6. The second-order valence-corrected chi connectivity index (χ2v) is 7.73. The third-order valence-electron chi connectivity index (χ3n) is 4.87. The Balaban J connectivity index is 1.62. The minimum atomic E-state index is 0.708. The summed E-state index contributed by atoms with van der Waals surface area (Å²) < 4.78 is 5.46. The first-order valence-corrected chi connectivity index (χ1v) is 9.74. The zero-order chi connectivity index (χ0) is 17.9. The number of rotatable bonds is 5. The van der Waals surface area contributed by atoms with Gasteiger partial charge in [0.05, 0.1) is 5.69 Å². The Kier molecular flexibility index (Phi) is 4.95. The lowest BCUT2D eigenvalue weighted by Crippen LogP contribution is -2.17. The van der Waals surface area contributed by atoms with E-state index in [9.17, 15) is 0 Å². The Morgan fingerprint density at radius 1 is 1.31 bits per heavy atom. The third kappa shape index (κ3) is 3.48. The molecule has 0 spiro atoms. The Labute approximate surface area is 157 Å². The van der Waals surface area contributed by atoms with Crippen LogP contribution in [0.1, 0.15) is 23.3 Å². The van der Waals surface area contributed by atoms with E-state index in [1.165, 1.54) is 16.5 Å². The average Bonchev–Trinajstić information content (AvgIpc) is 3.09. The number of hydrogen-bond acceptors (Lipinski definition) is 6. The van der Waals surface area contributed by atoms with E-state index in [1.807, 2.05) is 25.4 Å². The zero-order valence-electron chi connectivity index (χ0n) is 14.8. The van der Waals surface area contributed by atoms with Crippen LogP contribution in [0, 0.1) is 11.3 Å². The van der Waals surface area contributed by atoms with Gasteiger partial charge in [-0.05, 0) is 49.4 Å². The van der Waals surface area contributed by atoms with Gasteiger partial charge in [-0.2, -0.15) is 0 Å². The maximum atomic E-state index is 7.57. The monoisotopic (exact) mass is 366 g/mol. The van der Waals surface area contributed by atoms with Crippen LogP contribution in [0.2, 0.25) is 0 Å². The predicted octanol–water partition coefficient (Wildman–Crippen LogP) is 4.37. The van der Waals surface area contributed by atoms with Crippen molar-refractivity contribution in [2.75, 3.05) is 25.6 Å². The molecule has 0 aliphatic carbocycles. The van der Waals surface area contributed by atoms with Gasteiger partial charge in [0.15, 0.2) is 0 Å². The molecule has 3 aromatic rings. The van der Waals surface area contributed by atoms with E-state index in [-0.39, 0.29) is 0 Å². The quantitative estimate of drug-likeness (QED) is 0.658. The Hall–Kier alpha value is -2.31. The molecule has 3 aromatic heterocycles. The van der Waals surface area contributed by atoms with Crippen molar-refractivity contribution in [3.05, 3.63) is 40.9 Å². The van der Waals surface area contributed by atoms with Crippen molar-refractivity contribution in [1.29, 1.82) is 5.41 Å². The summed E-state index contributed by atoms with van der Waals surface area (Å²) in [6.45, 7) is 1.78. The van der Waals surface area contributed by atoms with E-state index >= 15 is 0 Å². The van der Waals surface area contributed by atoms with Crippen molar-refractivity contribution >= 4 is 33.6 Å². The molecule has 2 N–H and O–H groups in total.